The van der Waals surface area contributed by atoms with E-state index in [1.54, 1.807) is 0 Å². The van der Waals surface area contributed by atoms with Crippen LogP contribution in [0, 0.1) is 0 Å². The number of allylic oxidation sites excluding steroid dienone is 4. The molecule has 0 aromatic carbocycles. The van der Waals surface area contributed by atoms with E-state index in [2.05, 4.69) is 38.2 Å². The molecule has 330 valence electrons. The molecule has 56 heavy (non-hydrogen) atoms. The predicted molar refractivity (Wildman–Crippen MR) is 231 cm³/mol. The Hall–Kier alpha value is -1.51. The Balaban J connectivity index is 4.32. The number of carbonyl (C=O) groups is 2. The second-order valence-electron chi connectivity index (χ2n) is 16.8. The Morgan fingerprint density at radius 2 is 0.911 bits per heavy atom. The van der Waals surface area contributed by atoms with Gasteiger partial charge in [0.05, 0.1) is 27.7 Å². The number of rotatable bonds is 42. The molecule has 9 nitrogen and oxygen atoms in total. The van der Waals surface area contributed by atoms with Crippen LogP contribution in [0.1, 0.15) is 206 Å². The van der Waals surface area contributed by atoms with Gasteiger partial charge in [-0.25, -0.2) is 0 Å². The highest BCUT2D eigenvalue weighted by Crippen LogP contribution is 2.38. The monoisotopic (exact) mass is 814 g/mol. The molecule has 0 aliphatic carbocycles. The van der Waals surface area contributed by atoms with E-state index in [4.69, 9.17) is 18.5 Å². The van der Waals surface area contributed by atoms with Crippen molar-refractivity contribution in [2.75, 3.05) is 47.5 Å². The molecule has 0 bridgehead atoms. The third kappa shape index (κ3) is 42.1. The molecule has 0 N–H and O–H groups in total. The topological polar surface area (TPSA) is 111 Å². The molecule has 0 saturated carbocycles. The minimum Gasteiger partial charge on any atom is -0.756 e. The van der Waals surface area contributed by atoms with Gasteiger partial charge >= 0.3 is 11.9 Å². The maximum Gasteiger partial charge on any atom is 0.306 e. The molecule has 0 spiro atoms. The van der Waals surface area contributed by atoms with E-state index in [1.807, 2.05) is 21.1 Å². The maximum absolute atomic E-state index is 12.7. The normalized spacial score (nSPS) is 13.8. The smallest absolute Gasteiger partial charge is 0.306 e. The average Bonchev–Trinajstić information content (AvgIpc) is 3.15. The lowest BCUT2D eigenvalue weighted by Crippen LogP contribution is -2.37. The molecule has 0 heterocycles. The lowest BCUT2D eigenvalue weighted by molar-refractivity contribution is -0.870. The van der Waals surface area contributed by atoms with Crippen molar-refractivity contribution in [2.24, 2.45) is 0 Å². The second-order valence-corrected chi connectivity index (χ2v) is 18.2. The minimum atomic E-state index is -4.62. The molecular weight excluding hydrogens is 725 g/mol. The highest BCUT2D eigenvalue weighted by molar-refractivity contribution is 7.45. The Morgan fingerprint density at radius 1 is 0.536 bits per heavy atom. The molecule has 0 aliphatic heterocycles. The zero-order valence-corrected chi connectivity index (χ0v) is 38.0. The van der Waals surface area contributed by atoms with Gasteiger partial charge in [-0.15, -0.1) is 0 Å². The van der Waals surface area contributed by atoms with Crippen LogP contribution in [0.25, 0.3) is 0 Å². The minimum absolute atomic E-state index is 0.0305. The summed E-state index contributed by atoms with van der Waals surface area (Å²) in [6, 6.07) is 0. The first kappa shape index (κ1) is 54.5. The number of hydrogen-bond acceptors (Lipinski definition) is 8. The van der Waals surface area contributed by atoms with Gasteiger partial charge < -0.3 is 27.9 Å². The first-order chi connectivity index (χ1) is 27.0. The lowest BCUT2D eigenvalue weighted by atomic mass is 10.1. The van der Waals surface area contributed by atoms with Crippen molar-refractivity contribution in [3.63, 3.8) is 0 Å². The van der Waals surface area contributed by atoms with Crippen molar-refractivity contribution in [3.05, 3.63) is 24.3 Å². The molecular formula is C46H88NO8P. The van der Waals surface area contributed by atoms with E-state index in [0.29, 0.717) is 17.4 Å². The van der Waals surface area contributed by atoms with Gasteiger partial charge in [0, 0.05) is 12.8 Å². The van der Waals surface area contributed by atoms with Crippen molar-refractivity contribution < 1.29 is 42.1 Å². The van der Waals surface area contributed by atoms with Crippen LogP contribution in [0.5, 0.6) is 0 Å². The maximum atomic E-state index is 12.7. The molecule has 10 heteroatoms. The first-order valence-corrected chi connectivity index (χ1v) is 24.5. The summed E-state index contributed by atoms with van der Waals surface area (Å²) in [6.07, 6.45) is 41.9. The van der Waals surface area contributed by atoms with E-state index >= 15 is 0 Å². The van der Waals surface area contributed by atoms with Gasteiger partial charge in [0.25, 0.3) is 7.82 Å². The van der Waals surface area contributed by atoms with E-state index in [-0.39, 0.29) is 32.0 Å². The number of nitrogens with zero attached hydrogens (tertiary/aromatic N) is 1. The third-order valence-electron chi connectivity index (χ3n) is 9.94. The first-order valence-electron chi connectivity index (χ1n) is 23.0. The molecule has 0 aliphatic rings. The number of ether oxygens (including phenoxy) is 2. The fraction of sp³-hybridized carbons (Fsp3) is 0.870. The van der Waals surface area contributed by atoms with Crippen molar-refractivity contribution in [2.45, 2.75) is 213 Å². The van der Waals surface area contributed by atoms with E-state index < -0.39 is 26.5 Å². The van der Waals surface area contributed by atoms with Gasteiger partial charge in [0.1, 0.15) is 19.8 Å². The summed E-state index contributed by atoms with van der Waals surface area (Å²) in [4.78, 5) is 37.6. The van der Waals surface area contributed by atoms with Crippen LogP contribution in [0.4, 0.5) is 0 Å². The van der Waals surface area contributed by atoms with Crippen LogP contribution >= 0.6 is 7.82 Å². The van der Waals surface area contributed by atoms with Crippen molar-refractivity contribution in [1.29, 1.82) is 0 Å². The van der Waals surface area contributed by atoms with Gasteiger partial charge in [-0.1, -0.05) is 154 Å². The van der Waals surface area contributed by atoms with Crippen molar-refractivity contribution in [3.8, 4) is 0 Å². The van der Waals surface area contributed by atoms with Crippen molar-refractivity contribution in [1.82, 2.24) is 0 Å². The fourth-order valence-electron chi connectivity index (χ4n) is 6.29. The van der Waals surface area contributed by atoms with E-state index in [1.165, 1.54) is 122 Å². The Morgan fingerprint density at radius 3 is 1.32 bits per heavy atom. The molecule has 0 amide bonds. The zero-order valence-electron chi connectivity index (χ0n) is 37.1. The number of likely N-dealkylation sites (N-methyl/N-ethyl adjacent to an activating group) is 1. The highest BCUT2D eigenvalue weighted by Gasteiger charge is 2.21. The summed E-state index contributed by atoms with van der Waals surface area (Å²) in [5.41, 5.74) is 0. The molecule has 0 saturated heterocycles. The van der Waals surface area contributed by atoms with Gasteiger partial charge in [0.2, 0.25) is 0 Å². The largest absolute Gasteiger partial charge is 0.756 e. The number of phosphoric acid groups is 1. The van der Waals surface area contributed by atoms with Crippen LogP contribution < -0.4 is 4.89 Å². The Labute approximate surface area is 345 Å². The highest BCUT2D eigenvalue weighted by atomic mass is 31.2. The van der Waals surface area contributed by atoms with Crippen LogP contribution in [-0.2, 0) is 32.7 Å². The molecule has 0 aromatic rings. The zero-order chi connectivity index (χ0) is 41.4. The summed E-state index contributed by atoms with van der Waals surface area (Å²) in [6.45, 7) is 4.21. The SMILES string of the molecule is CCCCCC/C=C/CCCCCCCCCCCC(=O)O[C@H](COC(=O)CCCCCCCCC/C=C/CCCCCC)COP(=O)([O-])OCC[N+](C)(C)C. The van der Waals surface area contributed by atoms with Crippen LogP contribution in [-0.4, -0.2) is 70.0 Å². The van der Waals surface area contributed by atoms with Crippen LogP contribution in [0.3, 0.4) is 0 Å². The summed E-state index contributed by atoms with van der Waals surface area (Å²) in [5.74, 6) is -0.836. The summed E-state index contributed by atoms with van der Waals surface area (Å²) >= 11 is 0. The molecule has 2 atom stereocenters. The fourth-order valence-corrected chi connectivity index (χ4v) is 7.02. The van der Waals surface area contributed by atoms with Gasteiger partial charge in [0.15, 0.2) is 6.10 Å². The van der Waals surface area contributed by atoms with E-state index in [9.17, 15) is 19.0 Å². The van der Waals surface area contributed by atoms with Gasteiger partial charge in [-0.3, -0.25) is 14.2 Å². The standard InChI is InChI=1S/C46H88NO8P/c1-6-8-10-12-14-16-18-20-22-23-25-27-29-31-33-35-37-39-46(49)55-44(43-54-56(50,51)53-41-40-47(3,4)5)42-52-45(48)38-36-34-32-30-28-26-24-21-19-17-15-13-11-9-7-2/h16-19,44H,6-15,20-43H2,1-5H3/b18-16+,19-17+/t44-/m1/s1. The number of hydrogen-bond donors (Lipinski definition) is 0. The van der Waals surface area contributed by atoms with Crippen LogP contribution in [0.2, 0.25) is 0 Å². The third-order valence-corrected chi connectivity index (χ3v) is 10.9. The van der Waals surface area contributed by atoms with E-state index in [0.717, 1.165) is 51.4 Å². The summed E-state index contributed by atoms with van der Waals surface area (Å²) < 4.78 is 33.9. The molecule has 0 rings (SSSR count). The van der Waals surface area contributed by atoms with Gasteiger partial charge in [-0.2, -0.15) is 0 Å². The number of phosphoric ester groups is 1. The molecule has 1 unspecified atom stereocenters. The number of quaternary nitrogens is 1. The summed E-state index contributed by atoms with van der Waals surface area (Å²) in [5, 5.41) is 0. The van der Waals surface area contributed by atoms with Gasteiger partial charge in [-0.05, 0) is 64.2 Å². The quantitative estimate of drug-likeness (QED) is 0.0197. The average molecular weight is 814 g/mol. The Kier molecular flexibility index (Phi) is 37.9. The second kappa shape index (κ2) is 39.0. The van der Waals surface area contributed by atoms with Crippen molar-refractivity contribution >= 4 is 19.8 Å². The van der Waals surface area contributed by atoms with Crippen LogP contribution in [0.15, 0.2) is 24.3 Å². The number of esters is 2. The Bertz CT molecular complexity index is 1010. The summed E-state index contributed by atoms with van der Waals surface area (Å²) in [7, 11) is 1.17. The molecule has 0 fully saturated rings. The lowest BCUT2D eigenvalue weighted by Gasteiger charge is -2.28. The molecule has 0 aromatic heterocycles. The predicted octanol–water partition coefficient (Wildman–Crippen LogP) is 12.5. The number of unbranched alkanes of at least 4 members (excludes halogenated alkanes) is 24. The molecule has 0 radical (unpaired) electrons. The number of carbonyl (C=O) groups excluding carboxylic acids is 2.